The minimum absolute atomic E-state index is 0.356. The Labute approximate surface area is 117 Å². The van der Waals surface area contributed by atoms with Gasteiger partial charge in [0.25, 0.3) is 0 Å². The summed E-state index contributed by atoms with van der Waals surface area (Å²) in [6.07, 6.45) is 2.10. The van der Waals surface area contributed by atoms with Crippen LogP contribution in [-0.2, 0) is 18.3 Å². The van der Waals surface area contributed by atoms with Crippen molar-refractivity contribution in [3.63, 3.8) is 0 Å². The first kappa shape index (κ1) is 15.9. The zero-order valence-electron chi connectivity index (χ0n) is 12.2. The summed E-state index contributed by atoms with van der Waals surface area (Å²) < 4.78 is 1.76. The van der Waals surface area contributed by atoms with Gasteiger partial charge in [0.15, 0.2) is 0 Å². The number of urea groups is 1. The predicted octanol–water partition coefficient (Wildman–Crippen LogP) is 0.156. The van der Waals surface area contributed by atoms with Gasteiger partial charge in [0.2, 0.25) is 0 Å². The second-order valence-corrected chi connectivity index (χ2v) is 5.65. The number of nitrogens with zero attached hydrogens (tertiary/aromatic N) is 3. The normalized spacial score (nSPS) is 12.8. The smallest absolute Gasteiger partial charge is 0.326 e. The Kier molecular flexibility index (Phi) is 5.06. The van der Waals surface area contributed by atoms with Gasteiger partial charge in [0.1, 0.15) is 18.2 Å². The van der Waals surface area contributed by atoms with Gasteiger partial charge < -0.3 is 20.3 Å². The topological polar surface area (TPSA) is 109 Å². The monoisotopic (exact) mass is 283 g/mol. The van der Waals surface area contributed by atoms with E-state index in [2.05, 4.69) is 20.8 Å². The summed E-state index contributed by atoms with van der Waals surface area (Å²) in [5.74, 6) is -0.308. The molecule has 0 bridgehead atoms. The van der Waals surface area contributed by atoms with Gasteiger partial charge in [-0.1, -0.05) is 20.8 Å². The Morgan fingerprint density at radius 2 is 2.10 bits per heavy atom. The Balaban J connectivity index is 2.43. The molecule has 0 saturated heterocycles. The fourth-order valence-electron chi connectivity index (χ4n) is 1.65. The lowest BCUT2D eigenvalue weighted by Crippen LogP contribution is -2.52. The van der Waals surface area contributed by atoms with E-state index >= 15 is 0 Å². The molecule has 0 aliphatic carbocycles. The molecule has 1 heterocycles. The lowest BCUT2D eigenvalue weighted by molar-refractivity contribution is -0.141. The summed E-state index contributed by atoms with van der Waals surface area (Å²) in [6.45, 7) is 5.62. The molecule has 1 atom stereocenters. The predicted molar refractivity (Wildman–Crippen MR) is 72.1 cm³/mol. The zero-order valence-corrected chi connectivity index (χ0v) is 12.2. The number of hydrogen-bond donors (Lipinski definition) is 3. The van der Waals surface area contributed by atoms with E-state index in [1.807, 2.05) is 7.05 Å². The van der Waals surface area contributed by atoms with Crippen molar-refractivity contribution in [3.05, 3.63) is 12.2 Å². The van der Waals surface area contributed by atoms with Gasteiger partial charge in [-0.15, -0.1) is 10.2 Å². The Morgan fingerprint density at radius 1 is 1.45 bits per heavy atom. The maximum atomic E-state index is 11.7. The molecule has 0 aliphatic rings. The molecule has 1 rings (SSSR count). The minimum Gasteiger partial charge on any atom is -0.480 e. The molecule has 3 N–H and O–H groups in total. The first-order chi connectivity index (χ1) is 9.21. The lowest BCUT2D eigenvalue weighted by Gasteiger charge is -2.27. The second kappa shape index (κ2) is 6.36. The van der Waals surface area contributed by atoms with Crippen LogP contribution < -0.4 is 10.6 Å². The number of carbonyl (C=O) groups excluding carboxylic acids is 1. The molecule has 0 unspecified atom stereocenters. The molecule has 0 spiro atoms. The van der Waals surface area contributed by atoms with E-state index in [-0.39, 0.29) is 0 Å². The zero-order chi connectivity index (χ0) is 15.3. The van der Waals surface area contributed by atoms with Crippen LogP contribution in [0.25, 0.3) is 0 Å². The number of carboxylic acid groups (broad SMARTS) is 1. The van der Waals surface area contributed by atoms with Crippen LogP contribution in [0.5, 0.6) is 0 Å². The lowest BCUT2D eigenvalue weighted by atomic mass is 9.87. The van der Waals surface area contributed by atoms with Crippen molar-refractivity contribution in [2.24, 2.45) is 12.5 Å². The van der Waals surface area contributed by atoms with Crippen molar-refractivity contribution in [1.82, 2.24) is 25.4 Å². The molecule has 8 nitrogen and oxygen atoms in total. The van der Waals surface area contributed by atoms with Crippen LogP contribution in [0.3, 0.4) is 0 Å². The summed E-state index contributed by atoms with van der Waals surface area (Å²) >= 11 is 0. The van der Waals surface area contributed by atoms with Crippen LogP contribution in [-0.4, -0.2) is 44.5 Å². The number of amides is 2. The molecule has 0 aromatic carbocycles. The van der Waals surface area contributed by atoms with Crippen molar-refractivity contribution in [2.75, 3.05) is 6.54 Å². The number of nitrogens with one attached hydrogen (secondary N) is 2. The number of carbonyl (C=O) groups is 2. The highest BCUT2D eigenvalue weighted by Gasteiger charge is 2.32. The van der Waals surface area contributed by atoms with Crippen LogP contribution in [0.2, 0.25) is 0 Å². The molecule has 112 valence electrons. The van der Waals surface area contributed by atoms with E-state index in [1.54, 1.807) is 31.7 Å². The van der Waals surface area contributed by atoms with Crippen LogP contribution >= 0.6 is 0 Å². The molecule has 0 fully saturated rings. The third-order valence-electron chi connectivity index (χ3n) is 2.83. The third kappa shape index (κ3) is 4.52. The summed E-state index contributed by atoms with van der Waals surface area (Å²) in [5.41, 5.74) is -0.563. The molecule has 0 aliphatic heterocycles. The Morgan fingerprint density at radius 3 is 2.55 bits per heavy atom. The fraction of sp³-hybridized carbons (Fsp3) is 0.667. The van der Waals surface area contributed by atoms with E-state index in [1.165, 1.54) is 0 Å². The molecule has 1 aromatic heterocycles. The molecule has 8 heteroatoms. The van der Waals surface area contributed by atoms with E-state index in [0.29, 0.717) is 13.0 Å². The third-order valence-corrected chi connectivity index (χ3v) is 2.83. The van der Waals surface area contributed by atoms with E-state index in [0.717, 1.165) is 5.82 Å². The number of rotatable bonds is 5. The molecule has 0 saturated carbocycles. The molecular weight excluding hydrogens is 262 g/mol. The van der Waals surface area contributed by atoms with Crippen molar-refractivity contribution in [2.45, 2.75) is 33.2 Å². The van der Waals surface area contributed by atoms with Crippen molar-refractivity contribution in [3.8, 4) is 0 Å². The largest absolute Gasteiger partial charge is 0.480 e. The van der Waals surface area contributed by atoms with E-state index in [9.17, 15) is 9.59 Å². The highest BCUT2D eigenvalue weighted by atomic mass is 16.4. The highest BCUT2D eigenvalue weighted by Crippen LogP contribution is 2.19. The van der Waals surface area contributed by atoms with Crippen LogP contribution in [0.1, 0.15) is 26.6 Å². The van der Waals surface area contributed by atoms with Gasteiger partial charge in [0, 0.05) is 20.0 Å². The number of aryl methyl sites for hydroxylation is 1. The number of carboxylic acids is 1. The first-order valence-corrected chi connectivity index (χ1v) is 6.32. The Bertz CT molecular complexity index is 478. The summed E-state index contributed by atoms with van der Waals surface area (Å²) in [7, 11) is 1.81. The van der Waals surface area contributed by atoms with Gasteiger partial charge in [-0.05, 0) is 5.41 Å². The van der Waals surface area contributed by atoms with Gasteiger partial charge in [-0.2, -0.15) is 0 Å². The molecule has 0 radical (unpaired) electrons. The van der Waals surface area contributed by atoms with Gasteiger partial charge in [-0.25, -0.2) is 9.59 Å². The minimum atomic E-state index is -1.05. The number of hydrogen-bond acceptors (Lipinski definition) is 4. The first-order valence-electron chi connectivity index (χ1n) is 6.32. The standard InChI is InChI=1S/C12H21N5O3/c1-12(2,3)9(10(18)19)15-11(20)13-6-5-8-16-14-7-17(8)4/h7,9H,5-6H2,1-4H3,(H,18,19)(H2,13,15,20)/t9-/m0/s1. The molecule has 2 amide bonds. The molecule has 20 heavy (non-hydrogen) atoms. The SMILES string of the molecule is Cn1cnnc1CCNC(=O)N[C@@H](C(=O)O)C(C)(C)C. The number of aliphatic carboxylic acids is 1. The highest BCUT2D eigenvalue weighted by molar-refractivity contribution is 5.83. The van der Waals surface area contributed by atoms with E-state index in [4.69, 9.17) is 5.11 Å². The van der Waals surface area contributed by atoms with Crippen LogP contribution in [0.4, 0.5) is 4.79 Å². The average molecular weight is 283 g/mol. The van der Waals surface area contributed by atoms with Gasteiger partial charge in [-0.3, -0.25) is 0 Å². The van der Waals surface area contributed by atoms with E-state index < -0.39 is 23.5 Å². The summed E-state index contributed by atoms with van der Waals surface area (Å²) in [5, 5.41) is 21.8. The van der Waals surface area contributed by atoms with Crippen molar-refractivity contribution in [1.29, 1.82) is 0 Å². The fourth-order valence-corrected chi connectivity index (χ4v) is 1.65. The van der Waals surface area contributed by atoms with Crippen molar-refractivity contribution < 1.29 is 14.7 Å². The van der Waals surface area contributed by atoms with Crippen LogP contribution in [0, 0.1) is 5.41 Å². The van der Waals surface area contributed by atoms with Crippen molar-refractivity contribution >= 4 is 12.0 Å². The molecule has 1 aromatic rings. The number of aromatic nitrogens is 3. The average Bonchev–Trinajstić information content (AvgIpc) is 2.70. The van der Waals surface area contributed by atoms with Crippen LogP contribution in [0.15, 0.2) is 6.33 Å². The maximum absolute atomic E-state index is 11.7. The quantitative estimate of drug-likeness (QED) is 0.713. The Hall–Kier alpha value is -2.12. The molecular formula is C12H21N5O3. The second-order valence-electron chi connectivity index (χ2n) is 5.65. The summed E-state index contributed by atoms with van der Waals surface area (Å²) in [6, 6.07) is -1.45. The summed E-state index contributed by atoms with van der Waals surface area (Å²) in [4.78, 5) is 22.8. The van der Waals surface area contributed by atoms with Gasteiger partial charge >= 0.3 is 12.0 Å². The maximum Gasteiger partial charge on any atom is 0.326 e. The van der Waals surface area contributed by atoms with Gasteiger partial charge in [0.05, 0.1) is 0 Å².